The molecule has 40 heavy (non-hydrogen) atoms. The van der Waals surface area contributed by atoms with Gasteiger partial charge in [0, 0.05) is 24.2 Å². The average molecular weight is 531 g/mol. The summed E-state index contributed by atoms with van der Waals surface area (Å²) in [6.45, 7) is 3.10. The lowest BCUT2D eigenvalue weighted by atomic mass is 10.0. The van der Waals surface area contributed by atoms with E-state index < -0.39 is 0 Å². The van der Waals surface area contributed by atoms with Gasteiger partial charge in [0.1, 0.15) is 24.7 Å². The van der Waals surface area contributed by atoms with Crippen LogP contribution in [0.15, 0.2) is 114 Å². The number of nitrogens with zero attached hydrogens (tertiary/aromatic N) is 1. The second-order valence-corrected chi connectivity index (χ2v) is 9.11. The molecule has 0 atom stereocenters. The fourth-order valence-electron chi connectivity index (χ4n) is 4.13. The Bertz CT molecular complexity index is 1560. The van der Waals surface area contributed by atoms with Crippen LogP contribution in [0, 0.1) is 0 Å². The van der Waals surface area contributed by atoms with Crippen molar-refractivity contribution in [1.29, 1.82) is 0 Å². The molecule has 0 aliphatic heterocycles. The molecule has 0 bridgehead atoms. The number of hydrogen-bond donors (Lipinski definition) is 1. The maximum Gasteiger partial charge on any atom is 0.273 e. The minimum atomic E-state index is -0.295. The summed E-state index contributed by atoms with van der Waals surface area (Å²) in [6, 6.07) is 35.4. The molecule has 0 unspecified atom stereocenters. The number of ether oxygens (including phenoxy) is 2. The third-order valence-corrected chi connectivity index (χ3v) is 6.19. The molecule has 6 nitrogen and oxygen atoms in total. The van der Waals surface area contributed by atoms with Crippen molar-refractivity contribution in [2.24, 2.45) is 0 Å². The predicted octanol–water partition coefficient (Wildman–Crippen LogP) is 7.42. The molecule has 6 heteroatoms. The van der Waals surface area contributed by atoms with E-state index in [0.717, 1.165) is 22.3 Å². The van der Waals surface area contributed by atoms with Crippen molar-refractivity contribution in [1.82, 2.24) is 10.5 Å². The molecule has 200 valence electrons. The molecule has 1 aromatic heterocycles. The third kappa shape index (κ3) is 6.85. The van der Waals surface area contributed by atoms with E-state index in [4.69, 9.17) is 14.0 Å². The van der Waals surface area contributed by atoms with Gasteiger partial charge in [0.25, 0.3) is 5.91 Å². The van der Waals surface area contributed by atoms with Gasteiger partial charge in [-0.25, -0.2) is 0 Å². The van der Waals surface area contributed by atoms with Gasteiger partial charge in [-0.05, 0) is 29.7 Å². The van der Waals surface area contributed by atoms with E-state index in [-0.39, 0.29) is 11.6 Å². The van der Waals surface area contributed by atoms with Gasteiger partial charge in [0.05, 0.1) is 5.56 Å². The quantitative estimate of drug-likeness (QED) is 0.180. The molecule has 0 radical (unpaired) electrons. The second-order valence-electron chi connectivity index (χ2n) is 9.11. The van der Waals surface area contributed by atoms with E-state index in [1.165, 1.54) is 0 Å². The second kappa shape index (κ2) is 13.1. The standard InChI is InChI=1S/C34H30N2O4/c1-2-35-34(37)30-21-33(40-36-30)29-20-28(19-18-25-12-6-3-7-13-25)31(38-23-26-14-8-4-9-15-26)22-32(29)39-24-27-16-10-5-11-17-27/h3-22H,2,23-24H2,1H3,(H,35,37). The normalized spacial score (nSPS) is 10.9. The Morgan fingerprint density at radius 2 is 1.38 bits per heavy atom. The third-order valence-electron chi connectivity index (χ3n) is 6.19. The largest absolute Gasteiger partial charge is 0.488 e. The van der Waals surface area contributed by atoms with Crippen LogP contribution < -0.4 is 14.8 Å². The Balaban J connectivity index is 1.55. The summed E-state index contributed by atoms with van der Waals surface area (Å²) >= 11 is 0. The summed E-state index contributed by atoms with van der Waals surface area (Å²) in [5.74, 6) is 1.35. The monoisotopic (exact) mass is 530 g/mol. The predicted molar refractivity (Wildman–Crippen MR) is 157 cm³/mol. The summed E-state index contributed by atoms with van der Waals surface area (Å²) in [5.41, 5.74) is 4.83. The van der Waals surface area contributed by atoms with Gasteiger partial charge in [-0.1, -0.05) is 108 Å². The summed E-state index contributed by atoms with van der Waals surface area (Å²) in [4.78, 5) is 12.4. The van der Waals surface area contributed by atoms with Gasteiger partial charge in [-0.15, -0.1) is 0 Å². The van der Waals surface area contributed by atoms with Crippen molar-refractivity contribution in [2.45, 2.75) is 20.1 Å². The van der Waals surface area contributed by atoms with Crippen LogP contribution >= 0.6 is 0 Å². The van der Waals surface area contributed by atoms with Crippen LogP contribution in [0.25, 0.3) is 23.5 Å². The lowest BCUT2D eigenvalue weighted by Crippen LogP contribution is -2.22. The van der Waals surface area contributed by atoms with Crippen LogP contribution in [-0.2, 0) is 13.2 Å². The van der Waals surface area contributed by atoms with E-state index in [9.17, 15) is 4.79 Å². The van der Waals surface area contributed by atoms with Crippen LogP contribution in [-0.4, -0.2) is 17.6 Å². The molecule has 1 N–H and O–H groups in total. The average Bonchev–Trinajstić information content (AvgIpc) is 3.50. The Hall–Kier alpha value is -5.10. The fraction of sp³-hybridized carbons (Fsp3) is 0.118. The van der Waals surface area contributed by atoms with Crippen LogP contribution in [0.5, 0.6) is 11.5 Å². The number of aromatic nitrogens is 1. The maximum absolute atomic E-state index is 12.4. The molecular weight excluding hydrogens is 500 g/mol. The van der Waals surface area contributed by atoms with E-state index in [1.54, 1.807) is 6.07 Å². The molecule has 5 aromatic rings. The zero-order valence-electron chi connectivity index (χ0n) is 22.2. The minimum absolute atomic E-state index is 0.205. The van der Waals surface area contributed by atoms with Crippen LogP contribution in [0.1, 0.15) is 39.7 Å². The molecule has 0 fully saturated rings. The number of rotatable bonds is 11. The SMILES string of the molecule is CCNC(=O)c1cc(-c2cc(C=Cc3ccccc3)c(OCc3ccccc3)cc2OCc2ccccc2)on1. The highest BCUT2D eigenvalue weighted by Crippen LogP contribution is 2.38. The Morgan fingerprint density at radius 1 is 0.775 bits per heavy atom. The van der Waals surface area contributed by atoms with Crippen LogP contribution in [0.4, 0.5) is 0 Å². The van der Waals surface area contributed by atoms with E-state index >= 15 is 0 Å². The first-order valence-electron chi connectivity index (χ1n) is 13.2. The van der Waals surface area contributed by atoms with Crippen molar-refractivity contribution in [2.75, 3.05) is 6.54 Å². The molecule has 0 aliphatic carbocycles. The molecule has 5 rings (SSSR count). The number of benzene rings is 4. The zero-order valence-corrected chi connectivity index (χ0v) is 22.2. The van der Waals surface area contributed by atoms with Gasteiger partial charge in [0.2, 0.25) is 0 Å². The number of carbonyl (C=O) groups is 1. The lowest BCUT2D eigenvalue weighted by Gasteiger charge is -2.16. The first-order valence-corrected chi connectivity index (χ1v) is 13.2. The number of amides is 1. The van der Waals surface area contributed by atoms with Gasteiger partial charge < -0.3 is 19.3 Å². The Kier molecular flexibility index (Phi) is 8.69. The smallest absolute Gasteiger partial charge is 0.273 e. The van der Waals surface area contributed by atoms with Gasteiger partial charge in [-0.3, -0.25) is 4.79 Å². The van der Waals surface area contributed by atoms with Crippen LogP contribution in [0.3, 0.4) is 0 Å². The molecular formula is C34H30N2O4. The molecule has 1 amide bonds. The van der Waals surface area contributed by atoms with Gasteiger partial charge >= 0.3 is 0 Å². The van der Waals surface area contributed by atoms with Crippen molar-refractivity contribution in [3.8, 4) is 22.8 Å². The van der Waals surface area contributed by atoms with Crippen molar-refractivity contribution in [3.05, 3.63) is 137 Å². The highest BCUT2D eigenvalue weighted by Gasteiger charge is 2.19. The topological polar surface area (TPSA) is 73.6 Å². The van der Waals surface area contributed by atoms with Crippen molar-refractivity contribution >= 4 is 18.1 Å². The number of hydrogen-bond acceptors (Lipinski definition) is 5. The molecule has 0 saturated carbocycles. The molecule has 0 saturated heterocycles. The summed E-state index contributed by atoms with van der Waals surface area (Å²) in [6.07, 6.45) is 4.03. The minimum Gasteiger partial charge on any atom is -0.488 e. The molecule has 1 heterocycles. The maximum atomic E-state index is 12.4. The molecule has 0 spiro atoms. The first kappa shape index (κ1) is 26.5. The fourth-order valence-corrected chi connectivity index (χ4v) is 4.13. The highest BCUT2D eigenvalue weighted by molar-refractivity contribution is 5.93. The number of nitrogens with one attached hydrogen (secondary N) is 1. The summed E-state index contributed by atoms with van der Waals surface area (Å²) in [7, 11) is 0. The molecule has 4 aromatic carbocycles. The summed E-state index contributed by atoms with van der Waals surface area (Å²) in [5, 5.41) is 6.76. The number of carbonyl (C=O) groups excluding carboxylic acids is 1. The highest BCUT2D eigenvalue weighted by atomic mass is 16.5. The van der Waals surface area contributed by atoms with Crippen molar-refractivity contribution < 1.29 is 18.8 Å². The Labute approximate surface area is 233 Å². The van der Waals surface area contributed by atoms with Crippen molar-refractivity contribution in [3.63, 3.8) is 0 Å². The van der Waals surface area contributed by atoms with E-state index in [1.807, 2.05) is 122 Å². The lowest BCUT2D eigenvalue weighted by molar-refractivity contribution is 0.0947. The molecule has 0 aliphatic rings. The van der Waals surface area contributed by atoms with Gasteiger partial charge in [0.15, 0.2) is 11.5 Å². The van der Waals surface area contributed by atoms with Gasteiger partial charge in [-0.2, -0.15) is 0 Å². The first-order chi connectivity index (χ1) is 19.7. The van der Waals surface area contributed by atoms with E-state index in [0.29, 0.717) is 42.6 Å². The summed E-state index contributed by atoms with van der Waals surface area (Å²) < 4.78 is 18.3. The Morgan fingerprint density at radius 3 is 2.00 bits per heavy atom. The zero-order chi connectivity index (χ0) is 27.6. The van der Waals surface area contributed by atoms with E-state index in [2.05, 4.69) is 10.5 Å². The van der Waals surface area contributed by atoms with Crippen LogP contribution in [0.2, 0.25) is 0 Å².